The molecule has 0 fully saturated rings. The maximum absolute atomic E-state index is 13.7. The first kappa shape index (κ1) is 23.2. The van der Waals surface area contributed by atoms with Crippen molar-refractivity contribution >= 4 is 55.8 Å². The van der Waals surface area contributed by atoms with Crippen molar-refractivity contribution in [3.05, 3.63) is 71.3 Å². The van der Waals surface area contributed by atoms with Gasteiger partial charge in [0.05, 0.1) is 10.2 Å². The van der Waals surface area contributed by atoms with Crippen molar-refractivity contribution < 1.29 is 4.79 Å². The lowest BCUT2D eigenvalue weighted by atomic mass is 10.0. The maximum Gasteiger partial charge on any atom is 0.260 e. The third-order valence-corrected chi connectivity index (χ3v) is 6.52. The second kappa shape index (κ2) is 9.77. The second-order valence-electron chi connectivity index (χ2n) is 8.04. The monoisotopic (exact) mass is 453 g/mol. The molecule has 162 valence electrons. The molecule has 1 heterocycles. The van der Waals surface area contributed by atoms with E-state index in [9.17, 15) is 4.79 Å². The topological polar surface area (TPSA) is 36.4 Å². The minimum Gasteiger partial charge on any atom is -0.309 e. The van der Waals surface area contributed by atoms with E-state index in [1.807, 2.05) is 47.4 Å². The van der Waals surface area contributed by atoms with Crippen LogP contribution in [0.2, 0.25) is 0 Å². The minimum atomic E-state index is 0. The number of amides is 1. The summed E-state index contributed by atoms with van der Waals surface area (Å²) in [5, 5.41) is 2.83. The Labute approximate surface area is 193 Å². The van der Waals surface area contributed by atoms with Crippen molar-refractivity contribution in [3.8, 4) is 0 Å². The first-order chi connectivity index (χ1) is 14.4. The van der Waals surface area contributed by atoms with Gasteiger partial charge in [0.25, 0.3) is 5.91 Å². The largest absolute Gasteiger partial charge is 0.309 e. The number of thiazole rings is 1. The molecule has 1 aromatic heterocycles. The highest BCUT2D eigenvalue weighted by molar-refractivity contribution is 7.22. The number of carbonyl (C=O) groups is 1. The Bertz CT molecular complexity index is 1170. The van der Waals surface area contributed by atoms with Crippen LogP contribution in [0.25, 0.3) is 21.0 Å². The molecule has 0 radical (unpaired) electrons. The van der Waals surface area contributed by atoms with E-state index >= 15 is 0 Å². The van der Waals surface area contributed by atoms with Gasteiger partial charge in [-0.15, -0.1) is 12.4 Å². The molecule has 0 aliphatic rings. The van der Waals surface area contributed by atoms with Gasteiger partial charge in [-0.05, 0) is 81.0 Å². The summed E-state index contributed by atoms with van der Waals surface area (Å²) in [6.45, 7) is 5.77. The molecule has 0 saturated heterocycles. The maximum atomic E-state index is 13.7. The number of rotatable bonds is 6. The highest BCUT2D eigenvalue weighted by atomic mass is 35.5. The van der Waals surface area contributed by atoms with Crippen molar-refractivity contribution in [2.45, 2.75) is 20.3 Å². The number of aromatic nitrogens is 1. The van der Waals surface area contributed by atoms with Crippen LogP contribution >= 0.6 is 23.7 Å². The Morgan fingerprint density at radius 2 is 1.68 bits per heavy atom. The number of fused-ring (bicyclic) bond motifs is 2. The van der Waals surface area contributed by atoms with Crippen LogP contribution in [-0.4, -0.2) is 43.0 Å². The predicted molar refractivity (Wildman–Crippen MR) is 135 cm³/mol. The highest BCUT2D eigenvalue weighted by Gasteiger charge is 2.23. The van der Waals surface area contributed by atoms with Crippen LogP contribution < -0.4 is 4.90 Å². The van der Waals surface area contributed by atoms with Crippen molar-refractivity contribution in [1.82, 2.24) is 9.88 Å². The Kier molecular flexibility index (Phi) is 7.31. The van der Waals surface area contributed by atoms with Gasteiger partial charge in [-0.3, -0.25) is 9.69 Å². The summed E-state index contributed by atoms with van der Waals surface area (Å²) in [5.41, 5.74) is 4.15. The molecule has 3 aromatic carbocycles. The Hall–Kier alpha value is -2.47. The van der Waals surface area contributed by atoms with Crippen LogP contribution in [0.15, 0.2) is 54.6 Å². The average Bonchev–Trinajstić information content (AvgIpc) is 3.12. The van der Waals surface area contributed by atoms with Gasteiger partial charge in [0.1, 0.15) is 0 Å². The number of aryl methyl sites for hydroxylation is 2. The highest BCUT2D eigenvalue weighted by Crippen LogP contribution is 2.32. The number of benzene rings is 3. The van der Waals surface area contributed by atoms with E-state index in [1.54, 1.807) is 11.3 Å². The second-order valence-corrected chi connectivity index (χ2v) is 9.05. The SMILES string of the molecule is Cc1cc2nc(N(CCCN(C)C)C(=O)c3cccc4ccccc34)sc2cc1C.Cl. The molecule has 0 unspecified atom stereocenters. The molecular weight excluding hydrogens is 426 g/mol. The summed E-state index contributed by atoms with van der Waals surface area (Å²) >= 11 is 1.60. The van der Waals surface area contributed by atoms with Crippen LogP contribution in [0.3, 0.4) is 0 Å². The zero-order valence-corrected chi connectivity index (χ0v) is 20.0. The average molecular weight is 454 g/mol. The zero-order chi connectivity index (χ0) is 21.3. The van der Waals surface area contributed by atoms with Crippen molar-refractivity contribution in [2.24, 2.45) is 0 Å². The zero-order valence-electron chi connectivity index (χ0n) is 18.4. The predicted octanol–water partition coefficient (Wildman–Crippen LogP) is 6.09. The van der Waals surface area contributed by atoms with Crippen molar-refractivity contribution in [3.63, 3.8) is 0 Å². The molecule has 1 amide bonds. The first-order valence-corrected chi connectivity index (χ1v) is 11.1. The lowest BCUT2D eigenvalue weighted by Crippen LogP contribution is -2.33. The van der Waals surface area contributed by atoms with Gasteiger partial charge in [-0.2, -0.15) is 0 Å². The summed E-state index contributed by atoms with van der Waals surface area (Å²) in [6.07, 6.45) is 0.886. The summed E-state index contributed by atoms with van der Waals surface area (Å²) in [7, 11) is 4.11. The fourth-order valence-corrected chi connectivity index (χ4v) is 4.74. The molecule has 0 aliphatic carbocycles. The van der Waals surface area contributed by atoms with Gasteiger partial charge in [0.2, 0.25) is 0 Å². The van der Waals surface area contributed by atoms with Crippen LogP contribution in [0.5, 0.6) is 0 Å². The standard InChI is InChI=1S/C25H27N3OS.ClH/c1-17-15-22-23(16-18(17)2)30-25(26-22)28(14-8-13-27(3)4)24(29)21-12-7-10-19-9-5-6-11-20(19)21;/h5-7,9-12,15-16H,8,13-14H2,1-4H3;1H. The third kappa shape index (κ3) is 4.90. The van der Waals surface area contributed by atoms with Crippen LogP contribution in [0, 0.1) is 13.8 Å². The number of hydrogen-bond acceptors (Lipinski definition) is 4. The molecule has 0 N–H and O–H groups in total. The summed E-state index contributed by atoms with van der Waals surface area (Å²) < 4.78 is 1.12. The Morgan fingerprint density at radius 3 is 2.45 bits per heavy atom. The molecule has 0 atom stereocenters. The Balaban J connectivity index is 0.00000272. The first-order valence-electron chi connectivity index (χ1n) is 10.3. The number of nitrogens with zero attached hydrogens (tertiary/aromatic N) is 3. The molecule has 0 spiro atoms. The van der Waals surface area contributed by atoms with E-state index in [0.29, 0.717) is 6.54 Å². The number of anilines is 1. The fourth-order valence-electron chi connectivity index (χ4n) is 3.67. The number of hydrogen-bond donors (Lipinski definition) is 0. The van der Waals surface area contributed by atoms with Crippen LogP contribution in [0.1, 0.15) is 27.9 Å². The molecule has 4 rings (SSSR count). The van der Waals surface area contributed by atoms with E-state index in [1.165, 1.54) is 11.1 Å². The number of halogens is 1. The molecule has 6 heteroatoms. The molecule has 0 saturated carbocycles. The molecule has 4 nitrogen and oxygen atoms in total. The van der Waals surface area contributed by atoms with E-state index in [0.717, 1.165) is 44.6 Å². The summed E-state index contributed by atoms with van der Waals surface area (Å²) in [4.78, 5) is 22.6. The van der Waals surface area contributed by atoms with E-state index in [-0.39, 0.29) is 18.3 Å². The van der Waals surface area contributed by atoms with Gasteiger partial charge in [-0.25, -0.2) is 4.98 Å². The van der Waals surface area contributed by atoms with E-state index in [4.69, 9.17) is 4.98 Å². The molecule has 0 bridgehead atoms. The quantitative estimate of drug-likeness (QED) is 0.354. The molecule has 4 aromatic rings. The lowest BCUT2D eigenvalue weighted by molar-refractivity contribution is 0.0987. The summed E-state index contributed by atoms with van der Waals surface area (Å²) in [5.74, 6) is 0.0121. The minimum absolute atomic E-state index is 0. The van der Waals surface area contributed by atoms with Gasteiger partial charge in [0.15, 0.2) is 5.13 Å². The van der Waals surface area contributed by atoms with Crippen molar-refractivity contribution in [2.75, 3.05) is 32.1 Å². The van der Waals surface area contributed by atoms with Gasteiger partial charge >= 0.3 is 0 Å². The van der Waals surface area contributed by atoms with E-state index in [2.05, 4.69) is 45.0 Å². The number of carbonyl (C=O) groups excluding carboxylic acids is 1. The smallest absolute Gasteiger partial charge is 0.260 e. The molecular formula is C25H28ClN3OS. The van der Waals surface area contributed by atoms with Crippen LogP contribution in [0.4, 0.5) is 5.13 Å². The lowest BCUT2D eigenvalue weighted by Gasteiger charge is -2.21. The normalized spacial score (nSPS) is 11.1. The van der Waals surface area contributed by atoms with Crippen molar-refractivity contribution in [1.29, 1.82) is 0 Å². The van der Waals surface area contributed by atoms with E-state index < -0.39 is 0 Å². The summed E-state index contributed by atoms with van der Waals surface area (Å²) in [6, 6.07) is 18.3. The third-order valence-electron chi connectivity index (χ3n) is 5.48. The van der Waals surface area contributed by atoms with Gasteiger partial charge < -0.3 is 4.90 Å². The van der Waals surface area contributed by atoms with Crippen LogP contribution in [-0.2, 0) is 0 Å². The van der Waals surface area contributed by atoms with Gasteiger partial charge in [-0.1, -0.05) is 47.7 Å². The Morgan fingerprint density at radius 1 is 0.968 bits per heavy atom. The molecule has 0 aliphatic heterocycles. The van der Waals surface area contributed by atoms with Gasteiger partial charge in [0, 0.05) is 12.1 Å². The molecule has 31 heavy (non-hydrogen) atoms. The fraction of sp³-hybridized carbons (Fsp3) is 0.280.